The number of hydrogen-bond acceptors (Lipinski definition) is 4. The second-order valence-electron chi connectivity index (χ2n) is 5.74. The molecule has 1 unspecified atom stereocenters. The fourth-order valence-electron chi connectivity index (χ4n) is 2.41. The van der Waals surface area contributed by atoms with Gasteiger partial charge in [-0.2, -0.15) is 5.26 Å². The molecule has 0 bridgehead atoms. The predicted octanol–water partition coefficient (Wildman–Crippen LogP) is 1.47. The second-order valence-corrected chi connectivity index (χ2v) is 5.74. The zero-order chi connectivity index (χ0) is 13.9. The highest BCUT2D eigenvalue weighted by atomic mass is 16.5. The largest absolute Gasteiger partial charge is 0.378 e. The van der Waals surface area contributed by atoms with Gasteiger partial charge in [0.1, 0.15) is 5.54 Å². The van der Waals surface area contributed by atoms with E-state index in [2.05, 4.69) is 24.8 Å². The minimum absolute atomic E-state index is 0.0888. The molecule has 0 aromatic heterocycles. The van der Waals surface area contributed by atoms with Gasteiger partial charge in [-0.25, -0.2) is 0 Å². The maximum Gasteiger partial charge on any atom is 0.142 e. The van der Waals surface area contributed by atoms with Crippen molar-refractivity contribution in [3.05, 3.63) is 35.9 Å². The minimum atomic E-state index is -0.976. The number of nitrogens with two attached hydrogens (primary N) is 1. The van der Waals surface area contributed by atoms with Crippen molar-refractivity contribution in [2.75, 3.05) is 26.3 Å². The van der Waals surface area contributed by atoms with E-state index in [-0.39, 0.29) is 5.54 Å². The fraction of sp³-hybridized carbons (Fsp3) is 0.533. The molecule has 1 heterocycles. The van der Waals surface area contributed by atoms with Crippen molar-refractivity contribution < 1.29 is 4.74 Å². The van der Waals surface area contributed by atoms with Crippen LogP contribution in [0.15, 0.2) is 30.3 Å². The zero-order valence-electron chi connectivity index (χ0n) is 11.6. The molecule has 1 aliphatic rings. The molecule has 1 atom stereocenters. The first-order valence-corrected chi connectivity index (χ1v) is 6.56. The van der Waals surface area contributed by atoms with E-state index in [0.29, 0.717) is 19.8 Å². The average Bonchev–Trinajstić information content (AvgIpc) is 2.42. The summed E-state index contributed by atoms with van der Waals surface area (Å²) in [5.41, 5.74) is 6.12. The van der Waals surface area contributed by atoms with Gasteiger partial charge >= 0.3 is 0 Å². The van der Waals surface area contributed by atoms with Gasteiger partial charge in [0.15, 0.2) is 0 Å². The first kappa shape index (κ1) is 14.0. The van der Waals surface area contributed by atoms with Crippen LogP contribution in [0.3, 0.4) is 0 Å². The van der Waals surface area contributed by atoms with Crippen LogP contribution in [0.5, 0.6) is 0 Å². The van der Waals surface area contributed by atoms with Gasteiger partial charge < -0.3 is 10.5 Å². The summed E-state index contributed by atoms with van der Waals surface area (Å²) in [6, 6.07) is 11.9. The van der Waals surface area contributed by atoms with Crippen molar-refractivity contribution in [2.24, 2.45) is 5.73 Å². The molecule has 19 heavy (non-hydrogen) atoms. The summed E-state index contributed by atoms with van der Waals surface area (Å²) < 4.78 is 5.50. The molecule has 0 saturated carbocycles. The van der Waals surface area contributed by atoms with Gasteiger partial charge in [0, 0.05) is 18.6 Å². The SMILES string of the molecule is CC1(C)COCCN1CC(N)(C#N)c1ccccc1. The molecule has 1 aromatic rings. The molecule has 0 amide bonds. The molecule has 4 nitrogen and oxygen atoms in total. The molecule has 1 fully saturated rings. The topological polar surface area (TPSA) is 62.3 Å². The Morgan fingerprint density at radius 1 is 1.42 bits per heavy atom. The molecule has 1 saturated heterocycles. The van der Waals surface area contributed by atoms with E-state index in [0.717, 1.165) is 12.1 Å². The standard InChI is InChI=1S/C15H21N3O/c1-14(2)12-19-9-8-18(14)11-15(17,10-16)13-6-4-3-5-7-13/h3-7H,8-9,11-12,17H2,1-2H3. The summed E-state index contributed by atoms with van der Waals surface area (Å²) in [6.07, 6.45) is 0. The Morgan fingerprint density at radius 3 is 2.68 bits per heavy atom. The Kier molecular flexibility index (Phi) is 3.91. The number of hydrogen-bond donors (Lipinski definition) is 1. The van der Waals surface area contributed by atoms with Crippen molar-refractivity contribution in [3.63, 3.8) is 0 Å². The molecule has 4 heteroatoms. The van der Waals surface area contributed by atoms with Crippen LogP contribution >= 0.6 is 0 Å². The summed E-state index contributed by atoms with van der Waals surface area (Å²) in [7, 11) is 0. The summed E-state index contributed by atoms with van der Waals surface area (Å²) >= 11 is 0. The summed E-state index contributed by atoms with van der Waals surface area (Å²) in [5.74, 6) is 0. The third kappa shape index (κ3) is 2.95. The van der Waals surface area contributed by atoms with Crippen molar-refractivity contribution in [2.45, 2.75) is 24.9 Å². The van der Waals surface area contributed by atoms with Crippen LogP contribution in [0.4, 0.5) is 0 Å². The van der Waals surface area contributed by atoms with Gasteiger partial charge in [0.2, 0.25) is 0 Å². The lowest BCUT2D eigenvalue weighted by atomic mass is 9.89. The van der Waals surface area contributed by atoms with Gasteiger partial charge in [-0.15, -0.1) is 0 Å². The highest BCUT2D eigenvalue weighted by Crippen LogP contribution is 2.25. The predicted molar refractivity (Wildman–Crippen MR) is 74.4 cm³/mol. The second kappa shape index (κ2) is 5.30. The van der Waals surface area contributed by atoms with E-state index in [4.69, 9.17) is 10.5 Å². The van der Waals surface area contributed by atoms with Crippen LogP contribution in [0, 0.1) is 11.3 Å². The van der Waals surface area contributed by atoms with Gasteiger partial charge in [-0.3, -0.25) is 4.90 Å². The number of nitriles is 1. The van der Waals surface area contributed by atoms with E-state index in [1.54, 1.807) is 0 Å². The molecule has 2 rings (SSSR count). The Morgan fingerprint density at radius 2 is 2.11 bits per heavy atom. The number of nitrogens with zero attached hydrogens (tertiary/aromatic N) is 2. The molecular formula is C15H21N3O. The Bertz CT molecular complexity index is 466. The lowest BCUT2D eigenvalue weighted by Gasteiger charge is -2.44. The maximum atomic E-state index is 9.51. The number of benzene rings is 1. The number of rotatable bonds is 3. The van der Waals surface area contributed by atoms with Crippen molar-refractivity contribution in [1.29, 1.82) is 5.26 Å². The first-order valence-electron chi connectivity index (χ1n) is 6.56. The third-order valence-corrected chi connectivity index (χ3v) is 3.75. The zero-order valence-corrected chi connectivity index (χ0v) is 11.6. The van der Waals surface area contributed by atoms with Gasteiger partial charge in [-0.1, -0.05) is 30.3 Å². The highest BCUT2D eigenvalue weighted by molar-refractivity contribution is 5.31. The molecule has 0 aliphatic carbocycles. The molecule has 0 spiro atoms. The lowest BCUT2D eigenvalue weighted by Crippen LogP contribution is -2.58. The minimum Gasteiger partial charge on any atom is -0.378 e. The van der Waals surface area contributed by atoms with E-state index in [1.165, 1.54) is 0 Å². The number of ether oxygens (including phenoxy) is 1. The lowest BCUT2D eigenvalue weighted by molar-refractivity contribution is -0.0567. The summed E-state index contributed by atoms with van der Waals surface area (Å²) in [4.78, 5) is 2.24. The van der Waals surface area contributed by atoms with Crippen LogP contribution in [0.1, 0.15) is 19.4 Å². The molecule has 102 valence electrons. The maximum absolute atomic E-state index is 9.51. The molecule has 2 N–H and O–H groups in total. The highest BCUT2D eigenvalue weighted by Gasteiger charge is 2.37. The van der Waals surface area contributed by atoms with Crippen LogP contribution in [0.25, 0.3) is 0 Å². The van der Waals surface area contributed by atoms with Gasteiger partial charge in [0.05, 0.1) is 19.3 Å². The average molecular weight is 259 g/mol. The van der Waals surface area contributed by atoms with Crippen molar-refractivity contribution >= 4 is 0 Å². The quantitative estimate of drug-likeness (QED) is 0.893. The normalized spacial score (nSPS) is 22.4. The fourth-order valence-corrected chi connectivity index (χ4v) is 2.41. The molecule has 1 aliphatic heterocycles. The first-order chi connectivity index (χ1) is 8.98. The van der Waals surface area contributed by atoms with E-state index in [1.807, 2.05) is 30.3 Å². The Labute approximate surface area is 114 Å². The molecule has 1 aromatic carbocycles. The van der Waals surface area contributed by atoms with Crippen LogP contribution in [0.2, 0.25) is 0 Å². The van der Waals surface area contributed by atoms with E-state index >= 15 is 0 Å². The van der Waals surface area contributed by atoms with Gasteiger partial charge in [-0.05, 0) is 19.4 Å². The Hall–Kier alpha value is -1.41. The van der Waals surface area contributed by atoms with Crippen LogP contribution < -0.4 is 5.73 Å². The summed E-state index contributed by atoms with van der Waals surface area (Å²) in [6.45, 7) is 6.93. The van der Waals surface area contributed by atoms with E-state index in [9.17, 15) is 5.26 Å². The molecular weight excluding hydrogens is 238 g/mol. The van der Waals surface area contributed by atoms with Gasteiger partial charge in [0.25, 0.3) is 0 Å². The van der Waals surface area contributed by atoms with Crippen LogP contribution in [-0.2, 0) is 10.3 Å². The smallest absolute Gasteiger partial charge is 0.142 e. The Balaban J connectivity index is 2.22. The van der Waals surface area contributed by atoms with Crippen molar-refractivity contribution in [3.8, 4) is 6.07 Å². The van der Waals surface area contributed by atoms with Crippen molar-refractivity contribution in [1.82, 2.24) is 4.90 Å². The number of morpholine rings is 1. The van der Waals surface area contributed by atoms with Crippen LogP contribution in [-0.4, -0.2) is 36.7 Å². The summed E-state index contributed by atoms with van der Waals surface area (Å²) in [5, 5.41) is 9.51. The molecule has 0 radical (unpaired) electrons. The van der Waals surface area contributed by atoms with E-state index < -0.39 is 5.54 Å². The monoisotopic (exact) mass is 259 g/mol. The third-order valence-electron chi connectivity index (χ3n) is 3.75.